The van der Waals surface area contributed by atoms with Crippen LogP contribution in [0.5, 0.6) is 0 Å². The smallest absolute Gasteiger partial charge is 0.252 e. The Morgan fingerprint density at radius 3 is 2.76 bits per heavy atom. The number of amides is 1. The molecule has 0 aliphatic heterocycles. The molecule has 0 aliphatic rings. The summed E-state index contributed by atoms with van der Waals surface area (Å²) in [6.07, 6.45) is 1.64. The van der Waals surface area contributed by atoms with Crippen molar-refractivity contribution in [1.82, 2.24) is 19.6 Å². The summed E-state index contributed by atoms with van der Waals surface area (Å²) in [5.41, 5.74) is 2.54. The molecule has 0 fully saturated rings. The van der Waals surface area contributed by atoms with Crippen molar-refractivity contribution in [3.63, 3.8) is 0 Å². The van der Waals surface area contributed by atoms with Gasteiger partial charge in [-0.2, -0.15) is 0 Å². The molecule has 0 bridgehead atoms. The second kappa shape index (κ2) is 7.52. The molecule has 2 heterocycles. The van der Waals surface area contributed by atoms with E-state index in [9.17, 15) is 9.59 Å². The Kier molecular flexibility index (Phi) is 5.18. The predicted octanol–water partition coefficient (Wildman–Crippen LogP) is 2.41. The van der Waals surface area contributed by atoms with E-state index in [0.717, 1.165) is 29.8 Å². The highest BCUT2D eigenvalue weighted by Crippen LogP contribution is 2.18. The van der Waals surface area contributed by atoms with Crippen LogP contribution in [-0.4, -0.2) is 31.2 Å². The third-order valence-electron chi connectivity index (χ3n) is 3.63. The van der Waals surface area contributed by atoms with E-state index in [0.29, 0.717) is 10.9 Å². The summed E-state index contributed by atoms with van der Waals surface area (Å²) in [7, 11) is 0. The number of aromatic nitrogens is 4. The first-order valence-corrected chi connectivity index (χ1v) is 9.02. The van der Waals surface area contributed by atoms with Gasteiger partial charge in [0.25, 0.3) is 5.56 Å². The SMILES string of the molecule is CCCc1cc(=O)[nH]c2nnc(SCC(=O)Nc3ccc(C)cc3)n12. The summed E-state index contributed by atoms with van der Waals surface area (Å²) in [6.45, 7) is 4.04. The Balaban J connectivity index is 1.73. The van der Waals surface area contributed by atoms with Crippen molar-refractivity contribution in [2.45, 2.75) is 31.8 Å². The maximum Gasteiger partial charge on any atom is 0.252 e. The van der Waals surface area contributed by atoms with Gasteiger partial charge in [-0.3, -0.25) is 19.0 Å². The van der Waals surface area contributed by atoms with Gasteiger partial charge in [-0.15, -0.1) is 10.2 Å². The van der Waals surface area contributed by atoms with E-state index >= 15 is 0 Å². The van der Waals surface area contributed by atoms with Crippen molar-refractivity contribution in [3.8, 4) is 0 Å². The molecule has 25 heavy (non-hydrogen) atoms. The largest absolute Gasteiger partial charge is 0.325 e. The summed E-state index contributed by atoms with van der Waals surface area (Å²) < 4.78 is 1.80. The minimum Gasteiger partial charge on any atom is -0.325 e. The zero-order chi connectivity index (χ0) is 17.8. The number of fused-ring (bicyclic) bond motifs is 1. The van der Waals surface area contributed by atoms with Crippen molar-refractivity contribution < 1.29 is 4.79 Å². The first-order valence-electron chi connectivity index (χ1n) is 8.03. The quantitative estimate of drug-likeness (QED) is 0.661. The van der Waals surface area contributed by atoms with Gasteiger partial charge in [0.2, 0.25) is 11.7 Å². The number of hydrogen-bond acceptors (Lipinski definition) is 5. The fourth-order valence-electron chi connectivity index (χ4n) is 2.47. The highest BCUT2D eigenvalue weighted by atomic mass is 32.2. The molecule has 0 aliphatic carbocycles. The molecule has 1 amide bonds. The number of H-pyrrole nitrogens is 1. The maximum atomic E-state index is 12.1. The maximum absolute atomic E-state index is 12.1. The molecule has 0 radical (unpaired) electrons. The van der Waals surface area contributed by atoms with Gasteiger partial charge in [-0.05, 0) is 25.5 Å². The van der Waals surface area contributed by atoms with Gasteiger partial charge >= 0.3 is 0 Å². The van der Waals surface area contributed by atoms with E-state index in [1.165, 1.54) is 11.8 Å². The Morgan fingerprint density at radius 2 is 2.04 bits per heavy atom. The number of nitrogens with zero attached hydrogens (tertiary/aromatic N) is 3. The number of carbonyl (C=O) groups excluding carboxylic acids is 1. The molecule has 8 heteroatoms. The third-order valence-corrected chi connectivity index (χ3v) is 4.56. The van der Waals surface area contributed by atoms with Crippen LogP contribution in [0.2, 0.25) is 0 Å². The minimum absolute atomic E-state index is 0.118. The van der Waals surface area contributed by atoms with Crippen molar-refractivity contribution in [1.29, 1.82) is 0 Å². The number of aryl methyl sites for hydroxylation is 2. The molecule has 3 rings (SSSR count). The first-order chi connectivity index (χ1) is 12.1. The van der Waals surface area contributed by atoms with E-state index < -0.39 is 0 Å². The van der Waals surface area contributed by atoms with E-state index in [4.69, 9.17) is 0 Å². The first kappa shape index (κ1) is 17.2. The summed E-state index contributed by atoms with van der Waals surface area (Å²) in [6, 6.07) is 9.18. The van der Waals surface area contributed by atoms with Gasteiger partial charge in [0, 0.05) is 17.4 Å². The fraction of sp³-hybridized carbons (Fsp3) is 0.294. The van der Waals surface area contributed by atoms with Gasteiger partial charge in [0.15, 0.2) is 5.16 Å². The summed E-state index contributed by atoms with van der Waals surface area (Å²) in [4.78, 5) is 26.5. The molecule has 7 nitrogen and oxygen atoms in total. The minimum atomic E-state index is -0.197. The van der Waals surface area contributed by atoms with E-state index in [2.05, 4.69) is 20.5 Å². The molecule has 2 aromatic heterocycles. The van der Waals surface area contributed by atoms with E-state index in [-0.39, 0.29) is 17.2 Å². The van der Waals surface area contributed by atoms with Crippen LogP contribution >= 0.6 is 11.8 Å². The molecule has 0 unspecified atom stereocenters. The zero-order valence-corrected chi connectivity index (χ0v) is 14.9. The van der Waals surface area contributed by atoms with Gasteiger partial charge < -0.3 is 5.32 Å². The number of rotatable bonds is 6. The second-order valence-electron chi connectivity index (χ2n) is 5.72. The fourth-order valence-corrected chi connectivity index (χ4v) is 3.23. The Morgan fingerprint density at radius 1 is 1.28 bits per heavy atom. The molecule has 3 aromatic rings. The zero-order valence-electron chi connectivity index (χ0n) is 14.1. The number of carbonyl (C=O) groups is 1. The van der Waals surface area contributed by atoms with E-state index in [1.807, 2.05) is 38.1 Å². The van der Waals surface area contributed by atoms with Crippen LogP contribution in [0, 0.1) is 6.92 Å². The third kappa shape index (κ3) is 4.08. The van der Waals surface area contributed by atoms with Crippen molar-refractivity contribution >= 4 is 29.1 Å². The average Bonchev–Trinajstić information content (AvgIpc) is 2.98. The van der Waals surface area contributed by atoms with Crippen LogP contribution in [0.25, 0.3) is 5.78 Å². The van der Waals surface area contributed by atoms with Gasteiger partial charge in [-0.25, -0.2) is 0 Å². The average molecular weight is 357 g/mol. The lowest BCUT2D eigenvalue weighted by Gasteiger charge is -2.07. The van der Waals surface area contributed by atoms with Crippen LogP contribution < -0.4 is 10.9 Å². The molecule has 1 aromatic carbocycles. The van der Waals surface area contributed by atoms with Crippen molar-refractivity contribution in [2.24, 2.45) is 0 Å². The number of thioether (sulfide) groups is 1. The molecule has 0 saturated carbocycles. The summed E-state index contributed by atoms with van der Waals surface area (Å²) in [5.74, 6) is 0.490. The van der Waals surface area contributed by atoms with E-state index in [1.54, 1.807) is 10.5 Å². The van der Waals surface area contributed by atoms with Gasteiger partial charge in [-0.1, -0.05) is 42.8 Å². The number of anilines is 1. The second-order valence-corrected chi connectivity index (χ2v) is 6.66. The lowest BCUT2D eigenvalue weighted by molar-refractivity contribution is -0.113. The summed E-state index contributed by atoms with van der Waals surface area (Å²) in [5, 5.41) is 11.5. The highest BCUT2D eigenvalue weighted by molar-refractivity contribution is 7.99. The Hall–Kier alpha value is -2.61. The molecule has 2 N–H and O–H groups in total. The predicted molar refractivity (Wildman–Crippen MR) is 98.1 cm³/mol. The van der Waals surface area contributed by atoms with Crippen molar-refractivity contribution in [3.05, 3.63) is 51.9 Å². The normalized spacial score (nSPS) is 11.0. The van der Waals surface area contributed by atoms with Gasteiger partial charge in [0.05, 0.1) is 5.75 Å². The van der Waals surface area contributed by atoms with Crippen LogP contribution in [-0.2, 0) is 11.2 Å². The van der Waals surface area contributed by atoms with Crippen LogP contribution in [0.3, 0.4) is 0 Å². The van der Waals surface area contributed by atoms with Crippen LogP contribution in [0.15, 0.2) is 40.3 Å². The number of nitrogens with one attached hydrogen (secondary N) is 2. The Labute approximate surface area is 148 Å². The molecular formula is C17H19N5O2S. The van der Waals surface area contributed by atoms with Crippen LogP contribution in [0.4, 0.5) is 5.69 Å². The van der Waals surface area contributed by atoms with Crippen molar-refractivity contribution in [2.75, 3.05) is 11.1 Å². The molecular weight excluding hydrogens is 338 g/mol. The summed E-state index contributed by atoms with van der Waals surface area (Å²) >= 11 is 1.29. The van der Waals surface area contributed by atoms with Gasteiger partial charge in [0.1, 0.15) is 0 Å². The molecule has 0 atom stereocenters. The lowest BCUT2D eigenvalue weighted by atomic mass is 10.2. The number of aromatic amines is 1. The Bertz CT molecular complexity index is 946. The highest BCUT2D eigenvalue weighted by Gasteiger charge is 2.13. The topological polar surface area (TPSA) is 92.2 Å². The molecule has 0 spiro atoms. The molecule has 0 saturated heterocycles. The number of hydrogen-bond donors (Lipinski definition) is 2. The molecule has 130 valence electrons. The monoisotopic (exact) mass is 357 g/mol. The lowest BCUT2D eigenvalue weighted by Crippen LogP contribution is -2.15. The standard InChI is InChI=1S/C17H19N5O2S/c1-3-4-13-9-14(23)19-16-20-21-17(22(13)16)25-10-15(24)18-12-7-5-11(2)6-8-12/h5-9H,3-4,10H2,1-2H3,(H,18,24)(H,19,20,23). The van der Waals surface area contributed by atoms with Crippen LogP contribution in [0.1, 0.15) is 24.6 Å². The number of benzene rings is 1.